The van der Waals surface area contributed by atoms with Crippen molar-refractivity contribution in [3.05, 3.63) is 57.8 Å². The van der Waals surface area contributed by atoms with Gasteiger partial charge in [0, 0.05) is 12.6 Å². The quantitative estimate of drug-likeness (QED) is 0.791. The maximum absolute atomic E-state index is 13.0. The maximum Gasteiger partial charge on any atom is 0.315 e. The van der Waals surface area contributed by atoms with Crippen LogP contribution in [0.25, 0.3) is 0 Å². The number of amides is 2. The molecule has 1 aromatic heterocycles. The van der Waals surface area contributed by atoms with Crippen LogP contribution in [-0.2, 0) is 12.1 Å². The normalized spacial score (nSPS) is 13.5. The first kappa shape index (κ1) is 16.4. The van der Waals surface area contributed by atoms with E-state index >= 15 is 0 Å². The summed E-state index contributed by atoms with van der Waals surface area (Å²) < 4.78 is 26.0. The van der Waals surface area contributed by atoms with E-state index in [1.54, 1.807) is 18.4 Å². The molecule has 0 spiro atoms. The molecule has 2 amide bonds. The summed E-state index contributed by atoms with van der Waals surface area (Å²) in [7, 11) is 0. The van der Waals surface area contributed by atoms with E-state index in [2.05, 4.69) is 10.6 Å². The lowest BCUT2D eigenvalue weighted by atomic mass is 9.99. The first-order valence-electron chi connectivity index (χ1n) is 6.58. The molecule has 7 heteroatoms. The molecule has 3 N–H and O–H groups in total. The standard InChI is InChI=1S/C15H16F2N2O2S/c1-15(21,11-2-3-22-8-11)9-19-14(20)18-7-10-4-12(16)6-13(17)5-10/h2-6,8,21H,7,9H2,1H3,(H2,18,19,20)/t15-/m1/s1. The number of nitrogens with one attached hydrogen (secondary N) is 2. The Balaban J connectivity index is 1.83. The number of thiophene rings is 1. The SMILES string of the molecule is C[C@@](O)(CNC(=O)NCc1cc(F)cc(F)c1)c1ccsc1. The molecule has 1 heterocycles. The minimum Gasteiger partial charge on any atom is -0.384 e. The van der Waals surface area contributed by atoms with E-state index in [1.807, 2.05) is 5.38 Å². The number of carbonyl (C=O) groups excluding carboxylic acids is 1. The van der Waals surface area contributed by atoms with Crippen LogP contribution in [0.5, 0.6) is 0 Å². The van der Waals surface area contributed by atoms with E-state index in [0.717, 1.165) is 18.2 Å². The molecule has 1 aromatic carbocycles. The van der Waals surface area contributed by atoms with Gasteiger partial charge >= 0.3 is 6.03 Å². The predicted octanol–water partition coefficient (Wildman–Crippen LogP) is 2.73. The molecule has 0 aliphatic rings. The molecule has 4 nitrogen and oxygen atoms in total. The van der Waals surface area contributed by atoms with Gasteiger partial charge in [0.25, 0.3) is 0 Å². The number of rotatable bonds is 5. The summed E-state index contributed by atoms with van der Waals surface area (Å²) in [6.45, 7) is 1.60. The monoisotopic (exact) mass is 326 g/mol. The highest BCUT2D eigenvalue weighted by Crippen LogP contribution is 2.21. The smallest absolute Gasteiger partial charge is 0.315 e. The van der Waals surface area contributed by atoms with Gasteiger partial charge in [-0.15, -0.1) is 0 Å². The van der Waals surface area contributed by atoms with E-state index in [4.69, 9.17) is 0 Å². The van der Waals surface area contributed by atoms with Gasteiger partial charge in [0.2, 0.25) is 0 Å². The Morgan fingerprint density at radius 1 is 1.27 bits per heavy atom. The molecule has 2 rings (SSSR count). The highest BCUT2D eigenvalue weighted by Gasteiger charge is 2.24. The number of carbonyl (C=O) groups is 1. The van der Waals surface area contributed by atoms with E-state index in [0.29, 0.717) is 11.1 Å². The van der Waals surface area contributed by atoms with Gasteiger partial charge in [0.05, 0.1) is 6.54 Å². The summed E-state index contributed by atoms with van der Waals surface area (Å²) in [6.07, 6.45) is 0. The van der Waals surface area contributed by atoms with E-state index in [-0.39, 0.29) is 13.1 Å². The summed E-state index contributed by atoms with van der Waals surface area (Å²) in [4.78, 5) is 11.7. The van der Waals surface area contributed by atoms with Crippen molar-refractivity contribution in [3.63, 3.8) is 0 Å². The van der Waals surface area contributed by atoms with Crippen molar-refractivity contribution in [2.75, 3.05) is 6.54 Å². The third-order valence-corrected chi connectivity index (χ3v) is 3.79. The lowest BCUT2D eigenvalue weighted by Gasteiger charge is -2.22. The molecular formula is C15H16F2N2O2S. The molecule has 22 heavy (non-hydrogen) atoms. The summed E-state index contributed by atoms with van der Waals surface area (Å²) in [5, 5.41) is 18.9. The van der Waals surface area contributed by atoms with Crippen LogP contribution in [0.4, 0.5) is 13.6 Å². The minimum atomic E-state index is -1.18. The van der Waals surface area contributed by atoms with Gasteiger partial charge in [0.1, 0.15) is 17.2 Å². The highest BCUT2D eigenvalue weighted by molar-refractivity contribution is 7.08. The summed E-state index contributed by atoms with van der Waals surface area (Å²) in [5.41, 5.74) is -0.148. The van der Waals surface area contributed by atoms with Gasteiger partial charge in [-0.25, -0.2) is 13.6 Å². The summed E-state index contributed by atoms with van der Waals surface area (Å²) >= 11 is 1.45. The predicted molar refractivity (Wildman–Crippen MR) is 80.5 cm³/mol. The third kappa shape index (κ3) is 4.51. The van der Waals surface area contributed by atoms with Crippen LogP contribution in [0.15, 0.2) is 35.0 Å². The molecule has 0 unspecified atom stereocenters. The van der Waals surface area contributed by atoms with Crippen molar-refractivity contribution in [1.82, 2.24) is 10.6 Å². The van der Waals surface area contributed by atoms with Crippen LogP contribution in [0.2, 0.25) is 0 Å². The Labute approximate surface area is 130 Å². The Hall–Kier alpha value is -1.99. The van der Waals surface area contributed by atoms with Crippen molar-refractivity contribution in [3.8, 4) is 0 Å². The van der Waals surface area contributed by atoms with Gasteiger partial charge in [-0.3, -0.25) is 0 Å². The van der Waals surface area contributed by atoms with Gasteiger partial charge in [-0.1, -0.05) is 0 Å². The average molecular weight is 326 g/mol. The molecule has 2 aromatic rings. The molecule has 118 valence electrons. The Bertz CT molecular complexity index is 625. The molecule has 0 saturated heterocycles. The summed E-state index contributed by atoms with van der Waals surface area (Å²) in [5.74, 6) is -1.39. The van der Waals surface area contributed by atoms with E-state index in [9.17, 15) is 18.7 Å². The van der Waals surface area contributed by atoms with Crippen LogP contribution in [0.1, 0.15) is 18.1 Å². The molecule has 0 bridgehead atoms. The van der Waals surface area contributed by atoms with Crippen LogP contribution in [-0.4, -0.2) is 17.7 Å². The molecule has 0 radical (unpaired) electrons. The molecule has 0 fully saturated rings. The molecule has 0 aliphatic carbocycles. The fraction of sp³-hybridized carbons (Fsp3) is 0.267. The second kappa shape index (κ2) is 6.85. The lowest BCUT2D eigenvalue weighted by Crippen LogP contribution is -2.43. The largest absolute Gasteiger partial charge is 0.384 e. The first-order chi connectivity index (χ1) is 10.4. The van der Waals surface area contributed by atoms with Crippen LogP contribution < -0.4 is 10.6 Å². The molecular weight excluding hydrogens is 310 g/mol. The second-order valence-corrected chi connectivity index (χ2v) is 5.88. The van der Waals surface area contributed by atoms with Crippen molar-refractivity contribution in [2.45, 2.75) is 19.1 Å². The van der Waals surface area contributed by atoms with Gasteiger partial charge in [0.15, 0.2) is 0 Å². The fourth-order valence-corrected chi connectivity index (χ4v) is 2.67. The zero-order valence-electron chi connectivity index (χ0n) is 11.9. The van der Waals surface area contributed by atoms with Gasteiger partial charge < -0.3 is 15.7 Å². The highest BCUT2D eigenvalue weighted by atomic mass is 32.1. The van der Waals surface area contributed by atoms with Crippen LogP contribution in [0, 0.1) is 11.6 Å². The molecule has 0 aliphatic heterocycles. The van der Waals surface area contributed by atoms with Crippen LogP contribution in [0.3, 0.4) is 0 Å². The van der Waals surface area contributed by atoms with Crippen molar-refractivity contribution < 1.29 is 18.7 Å². The van der Waals surface area contributed by atoms with Crippen molar-refractivity contribution in [1.29, 1.82) is 0 Å². The topological polar surface area (TPSA) is 61.4 Å². The first-order valence-corrected chi connectivity index (χ1v) is 7.53. The van der Waals surface area contributed by atoms with Gasteiger partial charge in [-0.2, -0.15) is 11.3 Å². The van der Waals surface area contributed by atoms with Crippen LogP contribution >= 0.6 is 11.3 Å². The maximum atomic E-state index is 13.0. The van der Waals surface area contributed by atoms with E-state index in [1.165, 1.54) is 11.3 Å². The third-order valence-electron chi connectivity index (χ3n) is 3.11. The average Bonchev–Trinajstić information content (AvgIpc) is 2.97. The second-order valence-electron chi connectivity index (χ2n) is 5.10. The summed E-state index contributed by atoms with van der Waals surface area (Å²) in [6, 6.07) is 4.30. The Morgan fingerprint density at radius 3 is 2.55 bits per heavy atom. The zero-order valence-corrected chi connectivity index (χ0v) is 12.7. The zero-order chi connectivity index (χ0) is 16.2. The minimum absolute atomic E-state index is 0.0128. The molecule has 1 atom stereocenters. The number of halogens is 2. The van der Waals surface area contributed by atoms with Crippen molar-refractivity contribution in [2.24, 2.45) is 0 Å². The number of aliphatic hydroxyl groups is 1. The van der Waals surface area contributed by atoms with E-state index < -0.39 is 23.3 Å². The number of urea groups is 1. The molecule has 0 saturated carbocycles. The Morgan fingerprint density at radius 2 is 1.95 bits per heavy atom. The van der Waals surface area contributed by atoms with Crippen molar-refractivity contribution >= 4 is 17.4 Å². The Kier molecular flexibility index (Phi) is 5.10. The lowest BCUT2D eigenvalue weighted by molar-refractivity contribution is 0.0598. The number of hydrogen-bond acceptors (Lipinski definition) is 3. The number of hydrogen-bond donors (Lipinski definition) is 3. The fourth-order valence-electron chi connectivity index (χ4n) is 1.88. The number of benzene rings is 1. The van der Waals surface area contributed by atoms with Gasteiger partial charge in [-0.05, 0) is 47.0 Å².